The summed E-state index contributed by atoms with van der Waals surface area (Å²) in [4.78, 5) is 12.4. The number of rotatable bonds is 4. The fourth-order valence-corrected chi connectivity index (χ4v) is 2.86. The smallest absolute Gasteiger partial charge is 0.254 e. The number of carbonyl (C=O) groups excluding carboxylic acids is 1. The van der Waals surface area contributed by atoms with Crippen LogP contribution in [0.3, 0.4) is 0 Å². The molecule has 0 unspecified atom stereocenters. The molecule has 0 aliphatic carbocycles. The van der Waals surface area contributed by atoms with E-state index in [0.29, 0.717) is 0 Å². The molecule has 9 heteroatoms. The van der Waals surface area contributed by atoms with Gasteiger partial charge in [0.15, 0.2) is 5.11 Å². The lowest BCUT2D eigenvalue weighted by Gasteiger charge is -2.28. The minimum atomic E-state index is -1.85. The van der Waals surface area contributed by atoms with Gasteiger partial charge in [-0.05, 0) is 49.0 Å². The maximum Gasteiger partial charge on any atom is 0.254 e. The van der Waals surface area contributed by atoms with Gasteiger partial charge in [-0.1, -0.05) is 70.7 Å². The predicted molar refractivity (Wildman–Crippen MR) is 114 cm³/mol. The van der Waals surface area contributed by atoms with Crippen molar-refractivity contribution in [3.8, 4) is 0 Å². The second-order valence-electron chi connectivity index (χ2n) is 5.40. The summed E-state index contributed by atoms with van der Waals surface area (Å²) in [7, 11) is 0. The normalized spacial score (nSPS) is 12.2. The number of carbonyl (C=O) groups is 1. The van der Waals surface area contributed by atoms with Crippen LogP contribution in [0.2, 0.25) is 5.02 Å². The van der Waals surface area contributed by atoms with Crippen molar-refractivity contribution in [3.63, 3.8) is 0 Å². The molecule has 2 rings (SSSR count). The quantitative estimate of drug-likeness (QED) is 0.346. The molecule has 0 fully saturated rings. The fraction of sp³-hybridized carbons (Fsp3) is 0.176. The highest BCUT2D eigenvalue weighted by Crippen LogP contribution is 2.29. The van der Waals surface area contributed by atoms with E-state index in [9.17, 15) is 4.79 Å². The first kappa shape index (κ1) is 21.1. The molecule has 0 heterocycles. The fourth-order valence-electron chi connectivity index (χ4n) is 2.08. The topological polar surface area (TPSA) is 53.2 Å². The van der Waals surface area contributed by atoms with Gasteiger partial charge in [0.05, 0.1) is 10.6 Å². The Bertz CT molecular complexity index is 811. The highest BCUT2D eigenvalue weighted by atomic mass is 35.6. The van der Waals surface area contributed by atoms with E-state index in [4.69, 9.17) is 58.6 Å². The Balaban J connectivity index is 2.09. The zero-order valence-corrected chi connectivity index (χ0v) is 17.4. The Kier molecular flexibility index (Phi) is 7.38. The summed E-state index contributed by atoms with van der Waals surface area (Å²) in [5.41, 5.74) is 2.08. The number of nitrogens with one attached hydrogen (secondary N) is 3. The van der Waals surface area contributed by atoms with Crippen LogP contribution in [0.4, 0.5) is 5.69 Å². The third-order valence-corrected chi connectivity index (χ3v) is 4.48. The second-order valence-corrected chi connectivity index (χ2v) is 8.58. The van der Waals surface area contributed by atoms with E-state index in [1.165, 1.54) is 0 Å². The molecule has 0 bridgehead atoms. The maximum atomic E-state index is 12.4. The van der Waals surface area contributed by atoms with Crippen molar-refractivity contribution in [3.05, 3.63) is 64.7 Å². The zero-order valence-electron chi connectivity index (χ0n) is 13.5. The largest absolute Gasteiger partial charge is 0.339 e. The van der Waals surface area contributed by atoms with E-state index in [2.05, 4.69) is 16.0 Å². The molecule has 0 aromatic heterocycles. The summed E-state index contributed by atoms with van der Waals surface area (Å²) >= 11 is 29.2. The molecule has 1 atom stereocenters. The monoisotopic (exact) mass is 449 g/mol. The number of benzene rings is 2. The highest BCUT2D eigenvalue weighted by molar-refractivity contribution is 7.80. The van der Waals surface area contributed by atoms with E-state index < -0.39 is 15.9 Å². The number of aryl methyl sites for hydroxylation is 1. The molecule has 0 saturated heterocycles. The molecule has 26 heavy (non-hydrogen) atoms. The third kappa shape index (κ3) is 6.18. The van der Waals surface area contributed by atoms with Gasteiger partial charge in [0.2, 0.25) is 3.79 Å². The Labute approximate surface area is 177 Å². The van der Waals surface area contributed by atoms with E-state index in [-0.39, 0.29) is 15.7 Å². The molecule has 0 radical (unpaired) electrons. The first-order chi connectivity index (χ1) is 12.2. The Morgan fingerprint density at radius 2 is 1.77 bits per heavy atom. The van der Waals surface area contributed by atoms with Gasteiger partial charge in [0, 0.05) is 5.69 Å². The minimum absolute atomic E-state index is 0.186. The van der Waals surface area contributed by atoms with Crippen molar-refractivity contribution in [2.75, 3.05) is 5.32 Å². The third-order valence-electron chi connectivity index (χ3n) is 3.27. The van der Waals surface area contributed by atoms with Crippen LogP contribution in [0, 0.1) is 6.92 Å². The van der Waals surface area contributed by atoms with Crippen LogP contribution in [-0.4, -0.2) is 21.0 Å². The summed E-state index contributed by atoms with van der Waals surface area (Å²) in [5, 5.41) is 8.83. The standard InChI is InChI=1S/C17H15Cl4N3OS/c1-10-5-4-6-11(9-10)22-16(26)24-15(17(19,20)21)23-14(25)12-7-2-3-8-13(12)18/h2-9,15H,1H3,(H,23,25)(H2,22,24,26)/t15-/m1/s1. The summed E-state index contributed by atoms with van der Waals surface area (Å²) in [6.07, 6.45) is -1.08. The lowest BCUT2D eigenvalue weighted by atomic mass is 10.2. The average Bonchev–Trinajstić information content (AvgIpc) is 2.53. The molecule has 4 nitrogen and oxygen atoms in total. The SMILES string of the molecule is Cc1cccc(NC(=S)N[C@@H](NC(=O)c2ccccc2Cl)C(Cl)(Cl)Cl)c1. The van der Waals surface area contributed by atoms with Gasteiger partial charge >= 0.3 is 0 Å². The number of thiocarbonyl (C=S) groups is 1. The van der Waals surface area contributed by atoms with E-state index >= 15 is 0 Å². The zero-order chi connectivity index (χ0) is 19.3. The Hall–Kier alpha value is -1.24. The van der Waals surface area contributed by atoms with Crippen molar-refractivity contribution in [1.29, 1.82) is 0 Å². The van der Waals surface area contributed by atoms with Gasteiger partial charge < -0.3 is 16.0 Å². The molecule has 1 amide bonds. The molecule has 0 saturated carbocycles. The lowest BCUT2D eigenvalue weighted by molar-refractivity contribution is 0.0934. The van der Waals surface area contributed by atoms with Crippen LogP contribution in [0.15, 0.2) is 48.5 Å². The molecule has 0 aliphatic rings. The number of hydrogen-bond donors (Lipinski definition) is 3. The average molecular weight is 451 g/mol. The number of hydrogen-bond acceptors (Lipinski definition) is 2. The van der Waals surface area contributed by atoms with Crippen LogP contribution in [-0.2, 0) is 0 Å². The van der Waals surface area contributed by atoms with Gasteiger partial charge in [0.25, 0.3) is 5.91 Å². The van der Waals surface area contributed by atoms with Crippen molar-refractivity contribution in [2.45, 2.75) is 16.9 Å². The Morgan fingerprint density at radius 3 is 2.38 bits per heavy atom. The van der Waals surface area contributed by atoms with Gasteiger partial charge in [-0.15, -0.1) is 0 Å². The minimum Gasteiger partial charge on any atom is -0.339 e. The summed E-state index contributed by atoms with van der Waals surface area (Å²) in [5.74, 6) is -0.502. The maximum absolute atomic E-state index is 12.4. The summed E-state index contributed by atoms with van der Waals surface area (Å²) < 4.78 is -1.85. The summed E-state index contributed by atoms with van der Waals surface area (Å²) in [6, 6.07) is 14.1. The van der Waals surface area contributed by atoms with E-state index in [0.717, 1.165) is 11.3 Å². The van der Waals surface area contributed by atoms with Crippen LogP contribution in [0.25, 0.3) is 0 Å². The van der Waals surface area contributed by atoms with Crippen LogP contribution >= 0.6 is 58.6 Å². The molecule has 2 aromatic rings. The van der Waals surface area contributed by atoms with Gasteiger partial charge in [-0.3, -0.25) is 4.79 Å². The van der Waals surface area contributed by atoms with E-state index in [1.807, 2.05) is 31.2 Å². The van der Waals surface area contributed by atoms with Crippen molar-refractivity contribution in [1.82, 2.24) is 10.6 Å². The molecular weight excluding hydrogens is 436 g/mol. The molecular formula is C17H15Cl4N3OS. The number of anilines is 1. The van der Waals surface area contributed by atoms with Crippen LogP contribution in [0.5, 0.6) is 0 Å². The van der Waals surface area contributed by atoms with E-state index in [1.54, 1.807) is 24.3 Å². The van der Waals surface area contributed by atoms with Crippen LogP contribution in [0.1, 0.15) is 15.9 Å². The number of halogens is 4. The molecule has 2 aromatic carbocycles. The second kappa shape index (κ2) is 9.11. The van der Waals surface area contributed by atoms with Crippen molar-refractivity contribution in [2.24, 2.45) is 0 Å². The molecule has 0 spiro atoms. The van der Waals surface area contributed by atoms with Gasteiger partial charge in [0.1, 0.15) is 6.17 Å². The Morgan fingerprint density at radius 1 is 1.08 bits per heavy atom. The molecule has 3 N–H and O–H groups in total. The van der Waals surface area contributed by atoms with Crippen molar-refractivity contribution >= 4 is 75.3 Å². The first-order valence-electron chi connectivity index (χ1n) is 7.43. The number of alkyl halides is 3. The van der Waals surface area contributed by atoms with Crippen LogP contribution < -0.4 is 16.0 Å². The highest BCUT2D eigenvalue weighted by Gasteiger charge is 2.35. The summed E-state index contributed by atoms with van der Waals surface area (Å²) in [6.45, 7) is 1.95. The van der Waals surface area contributed by atoms with Gasteiger partial charge in [-0.25, -0.2) is 0 Å². The molecule has 138 valence electrons. The van der Waals surface area contributed by atoms with Gasteiger partial charge in [-0.2, -0.15) is 0 Å². The molecule has 0 aliphatic heterocycles. The van der Waals surface area contributed by atoms with Crippen molar-refractivity contribution < 1.29 is 4.79 Å². The number of amides is 1. The first-order valence-corrected chi connectivity index (χ1v) is 9.35. The predicted octanol–water partition coefficient (Wildman–Crippen LogP) is 5.06. The lowest BCUT2D eigenvalue weighted by Crippen LogP contribution is -2.56.